The van der Waals surface area contributed by atoms with Crippen LogP contribution in [0.3, 0.4) is 0 Å². The number of fused-ring (bicyclic) bond motifs is 9. The zero-order valence-corrected chi connectivity index (χ0v) is 25.2. The van der Waals surface area contributed by atoms with Crippen molar-refractivity contribution in [3.8, 4) is 22.8 Å². The summed E-state index contributed by atoms with van der Waals surface area (Å²) in [5, 5.41) is 2.05. The molecule has 48 heavy (non-hydrogen) atoms. The van der Waals surface area contributed by atoms with E-state index < -0.39 is 0 Å². The lowest BCUT2D eigenvalue weighted by atomic mass is 9.37. The predicted molar refractivity (Wildman–Crippen MR) is 187 cm³/mol. The third kappa shape index (κ3) is 3.24. The summed E-state index contributed by atoms with van der Waals surface area (Å²) in [6, 6.07) is 31.1. The Morgan fingerprint density at radius 1 is 0.583 bits per heavy atom. The Hall–Kier alpha value is -6.75. The summed E-state index contributed by atoms with van der Waals surface area (Å²) in [5.74, 6) is 0.635. The molecule has 0 N–H and O–H groups in total. The van der Waals surface area contributed by atoms with E-state index in [1.165, 1.54) is 0 Å². The lowest BCUT2D eigenvalue weighted by Crippen LogP contribution is -2.62. The van der Waals surface area contributed by atoms with Crippen LogP contribution in [-0.2, 0) is 0 Å². The molecule has 2 aliphatic rings. The third-order valence-electron chi connectivity index (χ3n) is 9.50. The van der Waals surface area contributed by atoms with Crippen molar-refractivity contribution in [2.75, 3.05) is 4.90 Å². The minimum atomic E-state index is -0.259. The highest BCUT2D eigenvalue weighted by atomic mass is 15.2. The van der Waals surface area contributed by atoms with Gasteiger partial charge in [-0.1, -0.05) is 36.4 Å². The fraction of sp³-hybridized carbons (Fsp3) is 0. The van der Waals surface area contributed by atoms with E-state index in [4.69, 9.17) is 29.9 Å². The second-order valence-electron chi connectivity index (χ2n) is 11.9. The van der Waals surface area contributed by atoms with Crippen LogP contribution in [0.4, 0.5) is 17.1 Å². The van der Waals surface area contributed by atoms with Crippen molar-refractivity contribution < 1.29 is 0 Å². The number of anilines is 3. The van der Waals surface area contributed by atoms with Crippen LogP contribution < -0.4 is 21.5 Å². The molecule has 11 rings (SSSR count). The average Bonchev–Trinajstić information content (AvgIpc) is 3.68. The van der Waals surface area contributed by atoms with Gasteiger partial charge in [0, 0.05) is 63.5 Å². The smallest absolute Gasteiger partial charge is 0.298 e. The van der Waals surface area contributed by atoms with Gasteiger partial charge in [0.1, 0.15) is 29.5 Å². The maximum atomic E-state index is 5.04. The Labute approximate surface area is 273 Å². The van der Waals surface area contributed by atoms with Gasteiger partial charge in [-0.15, -0.1) is 0 Å². The molecule has 222 valence electrons. The number of para-hydroxylation sites is 2. The first-order valence-corrected chi connectivity index (χ1v) is 15.7. The molecule has 0 aliphatic carbocycles. The van der Waals surface area contributed by atoms with E-state index >= 15 is 0 Å². The summed E-state index contributed by atoms with van der Waals surface area (Å²) in [7, 11) is 0. The number of benzene rings is 3. The van der Waals surface area contributed by atoms with Crippen molar-refractivity contribution in [2.45, 2.75) is 0 Å². The van der Waals surface area contributed by atoms with Crippen molar-refractivity contribution in [3.63, 3.8) is 0 Å². The van der Waals surface area contributed by atoms with Gasteiger partial charge >= 0.3 is 0 Å². The minimum absolute atomic E-state index is 0.259. The molecule has 11 heteroatoms. The second-order valence-corrected chi connectivity index (χ2v) is 11.9. The molecule has 0 spiro atoms. The van der Waals surface area contributed by atoms with E-state index in [1.807, 2.05) is 48.8 Å². The Morgan fingerprint density at radius 2 is 1.33 bits per heavy atom. The standard InChI is InChI=1S/C37H21BN10/c1-3-9-23(10-4-1)46-26-17-22(35-40-15-8-16-41-35)18-27-30(26)38(33-28(46)19-39-20-44-33)34-32-31(43-21-45-34)29-25-13-7-14-42-36(25)47(37(29)48(27)32)24-11-5-2-6-12-24/h1-21H. The Kier molecular flexibility index (Phi) is 4.98. The largest absolute Gasteiger partial charge is 0.308 e. The maximum absolute atomic E-state index is 5.04. The summed E-state index contributed by atoms with van der Waals surface area (Å²) < 4.78 is 4.56. The Balaban J connectivity index is 1.38. The quantitative estimate of drug-likeness (QED) is 0.262. The highest BCUT2D eigenvalue weighted by molar-refractivity contribution is 6.99. The van der Waals surface area contributed by atoms with Crippen LogP contribution in [0.1, 0.15) is 0 Å². The van der Waals surface area contributed by atoms with Gasteiger partial charge in [0.2, 0.25) is 0 Å². The number of rotatable bonds is 3. The van der Waals surface area contributed by atoms with E-state index in [0.717, 1.165) is 83.7 Å². The fourth-order valence-corrected chi connectivity index (χ4v) is 7.70. The molecule has 8 heterocycles. The first-order chi connectivity index (χ1) is 23.9. The summed E-state index contributed by atoms with van der Waals surface area (Å²) in [6.07, 6.45) is 10.6. The van der Waals surface area contributed by atoms with Gasteiger partial charge in [-0.3, -0.25) is 9.13 Å². The third-order valence-corrected chi connectivity index (χ3v) is 9.50. The van der Waals surface area contributed by atoms with Crippen LogP contribution in [0.2, 0.25) is 0 Å². The molecule has 0 bridgehead atoms. The highest BCUT2D eigenvalue weighted by Gasteiger charge is 2.45. The zero-order chi connectivity index (χ0) is 31.3. The topological polar surface area (TPSA) is 103 Å². The van der Waals surface area contributed by atoms with E-state index in [-0.39, 0.29) is 6.71 Å². The summed E-state index contributed by atoms with van der Waals surface area (Å²) in [4.78, 5) is 36.0. The normalized spacial score (nSPS) is 12.9. The molecule has 3 aromatic carbocycles. The Morgan fingerprint density at radius 3 is 2.17 bits per heavy atom. The van der Waals surface area contributed by atoms with Gasteiger partial charge in [0.25, 0.3) is 6.71 Å². The van der Waals surface area contributed by atoms with Crippen LogP contribution in [-0.4, -0.2) is 50.7 Å². The van der Waals surface area contributed by atoms with Crippen LogP contribution in [0.5, 0.6) is 0 Å². The highest BCUT2D eigenvalue weighted by Crippen LogP contribution is 2.44. The number of nitrogens with zero attached hydrogens (tertiary/aromatic N) is 10. The van der Waals surface area contributed by atoms with Crippen LogP contribution in [0, 0.1) is 0 Å². The van der Waals surface area contributed by atoms with Crippen molar-refractivity contribution in [1.29, 1.82) is 0 Å². The first-order valence-electron chi connectivity index (χ1n) is 15.7. The van der Waals surface area contributed by atoms with Gasteiger partial charge in [-0.05, 0) is 60.1 Å². The molecule has 2 aliphatic heterocycles. The molecule has 0 saturated heterocycles. The van der Waals surface area contributed by atoms with Gasteiger partial charge < -0.3 is 4.90 Å². The first kappa shape index (κ1) is 25.4. The average molecular weight is 616 g/mol. The molecular weight excluding hydrogens is 595 g/mol. The molecule has 0 fully saturated rings. The number of aromatic nitrogens is 9. The summed E-state index contributed by atoms with van der Waals surface area (Å²) >= 11 is 0. The van der Waals surface area contributed by atoms with Crippen LogP contribution in [0.15, 0.2) is 128 Å². The number of pyridine rings is 1. The monoisotopic (exact) mass is 616 g/mol. The predicted octanol–water partition coefficient (Wildman–Crippen LogP) is 4.77. The number of hydrogen-bond acceptors (Lipinski definition) is 8. The van der Waals surface area contributed by atoms with E-state index in [2.05, 4.69) is 73.6 Å². The summed E-state index contributed by atoms with van der Waals surface area (Å²) in [6.45, 7) is -0.259. The SMILES string of the molecule is c1ccc(N2c3cncnc3B3c4c2cc(-c2ncccn2)cc4-n2c4c3ncnc4c3c4cccnc4n(-c4ccccc4)c32)cc1. The van der Waals surface area contributed by atoms with Crippen molar-refractivity contribution in [2.24, 2.45) is 0 Å². The van der Waals surface area contributed by atoms with Crippen molar-refractivity contribution >= 4 is 73.5 Å². The Bertz CT molecular complexity index is 2740. The molecule has 9 aromatic rings. The maximum Gasteiger partial charge on any atom is 0.298 e. The van der Waals surface area contributed by atoms with Crippen LogP contribution >= 0.6 is 0 Å². The lowest BCUT2D eigenvalue weighted by molar-refractivity contribution is 1.04. The van der Waals surface area contributed by atoms with Gasteiger partial charge in [-0.2, -0.15) is 0 Å². The van der Waals surface area contributed by atoms with Gasteiger partial charge in [-0.25, -0.2) is 34.9 Å². The van der Waals surface area contributed by atoms with Crippen molar-refractivity contribution in [1.82, 2.24) is 44.0 Å². The second kappa shape index (κ2) is 9.40. The molecule has 0 amide bonds. The summed E-state index contributed by atoms with van der Waals surface area (Å²) in [5.41, 5.74) is 12.3. The fourth-order valence-electron chi connectivity index (χ4n) is 7.70. The number of hydrogen-bond donors (Lipinski definition) is 0. The van der Waals surface area contributed by atoms with Gasteiger partial charge in [0.05, 0.1) is 22.8 Å². The molecular formula is C37H21BN10. The molecule has 0 radical (unpaired) electrons. The molecule has 0 unspecified atom stereocenters. The van der Waals surface area contributed by atoms with Gasteiger partial charge in [0.15, 0.2) is 5.82 Å². The molecule has 0 saturated carbocycles. The van der Waals surface area contributed by atoms with E-state index in [0.29, 0.717) is 5.82 Å². The zero-order valence-electron chi connectivity index (χ0n) is 25.2. The minimum Gasteiger partial charge on any atom is -0.308 e. The molecule has 0 atom stereocenters. The van der Waals surface area contributed by atoms with E-state index in [1.54, 1.807) is 25.0 Å². The molecule has 10 nitrogen and oxygen atoms in total. The van der Waals surface area contributed by atoms with Crippen molar-refractivity contribution in [3.05, 3.63) is 128 Å². The molecule has 6 aromatic heterocycles. The van der Waals surface area contributed by atoms with Crippen LogP contribution in [0.25, 0.3) is 55.9 Å². The lowest BCUT2D eigenvalue weighted by Gasteiger charge is -2.38. The van der Waals surface area contributed by atoms with E-state index in [9.17, 15) is 0 Å².